The number of hydrogen-bond acceptors (Lipinski definition) is 3. The van der Waals surface area contributed by atoms with E-state index in [1.54, 1.807) is 29.9 Å². The number of aryl methyl sites for hydroxylation is 1. The molecule has 8 heteroatoms. The first kappa shape index (κ1) is 14.7. The summed E-state index contributed by atoms with van der Waals surface area (Å²) in [7, 11) is 1.72. The molecular formula is C12H9Br2N3O3. The molecule has 0 aliphatic carbocycles. The summed E-state index contributed by atoms with van der Waals surface area (Å²) >= 11 is 6.43. The van der Waals surface area contributed by atoms with Crippen LogP contribution in [0.15, 0.2) is 39.4 Å². The van der Waals surface area contributed by atoms with Crippen LogP contribution >= 0.6 is 31.9 Å². The maximum absolute atomic E-state index is 12.1. The number of carbonyl (C=O) groups excluding carboxylic acids is 1. The molecule has 0 saturated carbocycles. The molecule has 0 unspecified atom stereocenters. The van der Waals surface area contributed by atoms with Crippen LogP contribution in [0.3, 0.4) is 0 Å². The van der Waals surface area contributed by atoms with Gasteiger partial charge in [-0.25, -0.2) is 0 Å². The first-order valence-electron chi connectivity index (χ1n) is 5.45. The number of benzene rings is 1. The van der Waals surface area contributed by atoms with Crippen molar-refractivity contribution in [2.45, 2.75) is 0 Å². The normalized spacial score (nSPS) is 10.3. The first-order valence-corrected chi connectivity index (χ1v) is 7.04. The highest BCUT2D eigenvalue weighted by molar-refractivity contribution is 9.10. The highest BCUT2D eigenvalue weighted by Crippen LogP contribution is 2.28. The molecule has 0 bridgehead atoms. The lowest BCUT2D eigenvalue weighted by molar-refractivity contribution is -0.384. The van der Waals surface area contributed by atoms with Gasteiger partial charge in [-0.1, -0.05) is 15.9 Å². The van der Waals surface area contributed by atoms with Gasteiger partial charge < -0.3 is 9.88 Å². The molecule has 6 nitrogen and oxygen atoms in total. The van der Waals surface area contributed by atoms with Crippen LogP contribution in [0.1, 0.15) is 10.5 Å². The zero-order chi connectivity index (χ0) is 14.9. The molecular weight excluding hydrogens is 394 g/mol. The zero-order valence-electron chi connectivity index (χ0n) is 10.3. The Morgan fingerprint density at radius 1 is 1.30 bits per heavy atom. The van der Waals surface area contributed by atoms with Gasteiger partial charge in [0.1, 0.15) is 11.4 Å². The van der Waals surface area contributed by atoms with Crippen molar-refractivity contribution >= 4 is 49.1 Å². The van der Waals surface area contributed by atoms with E-state index in [0.717, 1.165) is 4.47 Å². The molecule has 2 rings (SSSR count). The van der Waals surface area contributed by atoms with Crippen LogP contribution < -0.4 is 5.32 Å². The molecule has 0 spiro atoms. The van der Waals surface area contributed by atoms with E-state index in [-0.39, 0.29) is 11.4 Å². The summed E-state index contributed by atoms with van der Waals surface area (Å²) in [6.45, 7) is 0. The number of aromatic nitrogens is 1. The SMILES string of the molecule is Cn1cc(Br)cc1C(=O)Nc1ccc(Br)cc1[N+](=O)[O-]. The number of rotatable bonds is 3. The van der Waals surface area contributed by atoms with E-state index < -0.39 is 10.8 Å². The lowest BCUT2D eigenvalue weighted by atomic mass is 10.2. The van der Waals surface area contributed by atoms with Gasteiger partial charge in [-0.05, 0) is 34.1 Å². The smallest absolute Gasteiger partial charge is 0.293 e. The second-order valence-corrected chi connectivity index (χ2v) is 5.86. The number of nitro benzene ring substituents is 1. The van der Waals surface area contributed by atoms with E-state index in [1.807, 2.05) is 0 Å². The average Bonchev–Trinajstić information content (AvgIpc) is 2.70. The summed E-state index contributed by atoms with van der Waals surface area (Å²) < 4.78 is 2.96. The van der Waals surface area contributed by atoms with Crippen LogP contribution in [0.4, 0.5) is 11.4 Å². The lowest BCUT2D eigenvalue weighted by Crippen LogP contribution is -2.16. The van der Waals surface area contributed by atoms with Crippen molar-refractivity contribution in [2.75, 3.05) is 5.32 Å². The van der Waals surface area contributed by atoms with Crippen molar-refractivity contribution < 1.29 is 9.72 Å². The summed E-state index contributed by atoms with van der Waals surface area (Å²) in [4.78, 5) is 22.6. The van der Waals surface area contributed by atoms with Crippen LogP contribution in [0, 0.1) is 10.1 Å². The molecule has 2 aromatic rings. The van der Waals surface area contributed by atoms with Crippen molar-refractivity contribution in [3.63, 3.8) is 0 Å². The number of amides is 1. The Labute approximate surface area is 131 Å². The fourth-order valence-electron chi connectivity index (χ4n) is 1.70. The van der Waals surface area contributed by atoms with Gasteiger partial charge in [0.05, 0.1) is 4.92 Å². The summed E-state index contributed by atoms with van der Waals surface area (Å²) in [6.07, 6.45) is 1.73. The van der Waals surface area contributed by atoms with Gasteiger partial charge in [0.15, 0.2) is 0 Å². The minimum absolute atomic E-state index is 0.153. The van der Waals surface area contributed by atoms with Crippen molar-refractivity contribution in [1.82, 2.24) is 4.57 Å². The summed E-state index contributed by atoms with van der Waals surface area (Å²) in [5, 5.41) is 13.5. The topological polar surface area (TPSA) is 77.2 Å². The van der Waals surface area contributed by atoms with Gasteiger partial charge in [-0.15, -0.1) is 0 Å². The molecule has 0 aliphatic rings. The quantitative estimate of drug-likeness (QED) is 0.627. The molecule has 1 amide bonds. The summed E-state index contributed by atoms with van der Waals surface area (Å²) in [5.74, 6) is -0.413. The Kier molecular flexibility index (Phi) is 4.24. The van der Waals surface area contributed by atoms with Gasteiger partial charge in [0.25, 0.3) is 11.6 Å². The van der Waals surface area contributed by atoms with Gasteiger partial charge in [-0.2, -0.15) is 0 Å². The van der Waals surface area contributed by atoms with E-state index in [2.05, 4.69) is 37.2 Å². The van der Waals surface area contributed by atoms with Crippen LogP contribution in [0.25, 0.3) is 0 Å². The summed E-state index contributed by atoms with van der Waals surface area (Å²) in [5.41, 5.74) is 0.385. The van der Waals surface area contributed by atoms with E-state index in [0.29, 0.717) is 10.2 Å². The van der Waals surface area contributed by atoms with Gasteiger partial charge in [0, 0.05) is 28.3 Å². The number of nitrogens with one attached hydrogen (secondary N) is 1. The average molecular weight is 403 g/mol. The molecule has 0 radical (unpaired) electrons. The molecule has 1 heterocycles. The molecule has 0 fully saturated rings. The predicted octanol–water partition coefficient (Wildman–Crippen LogP) is 3.71. The Morgan fingerprint density at radius 3 is 2.55 bits per heavy atom. The molecule has 1 aromatic heterocycles. The maximum Gasteiger partial charge on any atom is 0.293 e. The molecule has 104 valence electrons. The fraction of sp³-hybridized carbons (Fsp3) is 0.0833. The van der Waals surface area contributed by atoms with Crippen LogP contribution in [-0.4, -0.2) is 15.4 Å². The van der Waals surface area contributed by atoms with Crippen molar-refractivity contribution in [3.05, 3.63) is 55.2 Å². The second-order valence-electron chi connectivity index (χ2n) is 4.03. The van der Waals surface area contributed by atoms with E-state index in [9.17, 15) is 14.9 Å². The first-order chi connectivity index (χ1) is 9.38. The van der Waals surface area contributed by atoms with Crippen LogP contribution in [0.2, 0.25) is 0 Å². The highest BCUT2D eigenvalue weighted by Gasteiger charge is 2.18. The Morgan fingerprint density at radius 2 is 2.00 bits per heavy atom. The van der Waals surface area contributed by atoms with Crippen molar-refractivity contribution in [2.24, 2.45) is 7.05 Å². The second kappa shape index (κ2) is 5.76. The molecule has 20 heavy (non-hydrogen) atoms. The standard InChI is InChI=1S/C12H9Br2N3O3/c1-16-6-8(14)5-11(16)12(18)15-9-3-2-7(13)4-10(9)17(19)20/h2-6H,1H3,(H,15,18). The van der Waals surface area contributed by atoms with Gasteiger partial charge in [-0.3, -0.25) is 14.9 Å². The zero-order valence-corrected chi connectivity index (χ0v) is 13.4. The number of carbonyl (C=O) groups is 1. The molecule has 0 aliphatic heterocycles. The minimum atomic E-state index is -0.540. The summed E-state index contributed by atoms with van der Waals surface area (Å²) in [6, 6.07) is 6.10. The number of nitrogens with zero attached hydrogens (tertiary/aromatic N) is 2. The highest BCUT2D eigenvalue weighted by atomic mass is 79.9. The lowest BCUT2D eigenvalue weighted by Gasteiger charge is -2.07. The number of hydrogen-bond donors (Lipinski definition) is 1. The monoisotopic (exact) mass is 401 g/mol. The van der Waals surface area contributed by atoms with Crippen molar-refractivity contribution in [3.8, 4) is 0 Å². The fourth-order valence-corrected chi connectivity index (χ4v) is 2.57. The number of anilines is 1. The third kappa shape index (κ3) is 3.07. The third-order valence-corrected chi connectivity index (χ3v) is 3.54. The predicted molar refractivity (Wildman–Crippen MR) is 81.9 cm³/mol. The van der Waals surface area contributed by atoms with E-state index in [4.69, 9.17) is 0 Å². The molecule has 0 atom stereocenters. The maximum atomic E-state index is 12.1. The minimum Gasteiger partial charge on any atom is -0.345 e. The van der Waals surface area contributed by atoms with Crippen molar-refractivity contribution in [1.29, 1.82) is 0 Å². The Balaban J connectivity index is 2.33. The molecule has 1 aromatic carbocycles. The van der Waals surface area contributed by atoms with Crippen LogP contribution in [-0.2, 0) is 7.05 Å². The van der Waals surface area contributed by atoms with Crippen LogP contribution in [0.5, 0.6) is 0 Å². The van der Waals surface area contributed by atoms with E-state index in [1.165, 1.54) is 12.1 Å². The van der Waals surface area contributed by atoms with Gasteiger partial charge in [0.2, 0.25) is 0 Å². The third-order valence-electron chi connectivity index (χ3n) is 2.61. The number of nitro groups is 1. The largest absolute Gasteiger partial charge is 0.345 e. The molecule has 1 N–H and O–H groups in total. The Hall–Kier alpha value is -1.67. The van der Waals surface area contributed by atoms with E-state index >= 15 is 0 Å². The number of halogens is 2. The van der Waals surface area contributed by atoms with Gasteiger partial charge >= 0.3 is 0 Å². The Bertz CT molecular complexity index is 697. The molecule has 0 saturated heterocycles.